The lowest BCUT2D eigenvalue weighted by atomic mass is 10.0. The highest BCUT2D eigenvalue weighted by Gasteiger charge is 2.14. The minimum Gasteiger partial charge on any atom is -0.350 e. The third-order valence-electron chi connectivity index (χ3n) is 4.46. The number of rotatable bonds is 7. The van der Waals surface area contributed by atoms with Crippen LogP contribution < -0.4 is 16.2 Å². The van der Waals surface area contributed by atoms with Gasteiger partial charge in [0.05, 0.1) is 6.20 Å². The fraction of sp³-hybridized carbons (Fsp3) is 0.588. The van der Waals surface area contributed by atoms with E-state index in [9.17, 15) is 9.59 Å². The summed E-state index contributed by atoms with van der Waals surface area (Å²) in [5, 5.41) is 14.2. The summed E-state index contributed by atoms with van der Waals surface area (Å²) < 4.78 is 1.71. The first-order valence-corrected chi connectivity index (χ1v) is 9.09. The van der Waals surface area contributed by atoms with Crippen LogP contribution in [-0.2, 0) is 13.0 Å². The molecule has 1 saturated heterocycles. The number of hydrogen-bond acceptors (Lipinski definition) is 6. The number of carbonyl (C=O) groups excluding carboxylic acids is 1. The Kier molecular flexibility index (Phi) is 6.11. The maximum atomic E-state index is 12.2. The van der Waals surface area contributed by atoms with E-state index in [4.69, 9.17) is 0 Å². The molecule has 3 heterocycles. The molecule has 1 unspecified atom stereocenters. The molecular weight excluding hydrogens is 334 g/mol. The maximum absolute atomic E-state index is 12.2. The second-order valence-corrected chi connectivity index (χ2v) is 6.64. The zero-order chi connectivity index (χ0) is 18.4. The Labute approximate surface area is 151 Å². The number of aromatic nitrogens is 5. The molecule has 3 N–H and O–H groups in total. The van der Waals surface area contributed by atoms with E-state index in [0.29, 0.717) is 36.2 Å². The number of aryl methyl sites for hydroxylation is 2. The topological polar surface area (TPSA) is 118 Å². The highest BCUT2D eigenvalue weighted by molar-refractivity contribution is 5.91. The van der Waals surface area contributed by atoms with Crippen LogP contribution in [-0.4, -0.2) is 50.0 Å². The van der Waals surface area contributed by atoms with E-state index >= 15 is 0 Å². The van der Waals surface area contributed by atoms with Crippen LogP contribution in [0.3, 0.4) is 0 Å². The molecule has 0 bridgehead atoms. The Bertz CT molecular complexity index is 792. The van der Waals surface area contributed by atoms with Gasteiger partial charge in [0.15, 0.2) is 5.69 Å². The summed E-state index contributed by atoms with van der Waals surface area (Å²) in [6.07, 6.45) is 6.81. The summed E-state index contributed by atoms with van der Waals surface area (Å²) >= 11 is 0. The van der Waals surface area contributed by atoms with Crippen LogP contribution in [0.1, 0.15) is 47.7 Å². The Balaban J connectivity index is 1.44. The van der Waals surface area contributed by atoms with Crippen molar-refractivity contribution in [2.75, 3.05) is 13.1 Å². The van der Waals surface area contributed by atoms with Gasteiger partial charge >= 0.3 is 0 Å². The summed E-state index contributed by atoms with van der Waals surface area (Å²) in [7, 11) is 0. The lowest BCUT2D eigenvalue weighted by Crippen LogP contribution is -2.34. The fourth-order valence-electron chi connectivity index (χ4n) is 3.11. The van der Waals surface area contributed by atoms with Crippen LogP contribution in [0.4, 0.5) is 0 Å². The molecule has 9 heteroatoms. The van der Waals surface area contributed by atoms with E-state index in [2.05, 4.69) is 30.9 Å². The Morgan fingerprint density at radius 1 is 1.42 bits per heavy atom. The van der Waals surface area contributed by atoms with Gasteiger partial charge in [-0.15, -0.1) is 5.10 Å². The summed E-state index contributed by atoms with van der Waals surface area (Å²) in [6, 6.07) is 1.96. The molecule has 9 nitrogen and oxygen atoms in total. The average molecular weight is 359 g/mol. The summed E-state index contributed by atoms with van der Waals surface area (Å²) in [6.45, 7) is 3.95. The summed E-state index contributed by atoms with van der Waals surface area (Å²) in [5.74, 6) is 0.279. The molecule has 0 aromatic carbocycles. The van der Waals surface area contributed by atoms with Crippen LogP contribution in [0.15, 0.2) is 17.1 Å². The molecule has 2 aromatic rings. The maximum Gasteiger partial charge on any atom is 0.273 e. The molecule has 1 fully saturated rings. The number of aromatic amines is 1. The van der Waals surface area contributed by atoms with Gasteiger partial charge in [0, 0.05) is 37.3 Å². The zero-order valence-corrected chi connectivity index (χ0v) is 15.0. The number of hydrogen-bond donors (Lipinski definition) is 3. The van der Waals surface area contributed by atoms with E-state index < -0.39 is 0 Å². The average Bonchev–Trinajstić information content (AvgIpc) is 3.09. The van der Waals surface area contributed by atoms with E-state index in [-0.39, 0.29) is 11.5 Å². The first kappa shape index (κ1) is 18.2. The van der Waals surface area contributed by atoms with Gasteiger partial charge in [-0.25, -0.2) is 4.98 Å². The standard InChI is InChI=1S/C17H25N7O2/c1-12-10-16(25)21-15(20-12)5-8-19-17(26)14-11-24(23-22-14)9-6-13-4-2-3-7-18-13/h10-11,13,18H,2-9H2,1H3,(H,19,26)(H,20,21,25). The summed E-state index contributed by atoms with van der Waals surface area (Å²) in [4.78, 5) is 30.4. The van der Waals surface area contributed by atoms with Gasteiger partial charge in [-0.1, -0.05) is 11.6 Å². The van der Waals surface area contributed by atoms with Crippen molar-refractivity contribution in [3.63, 3.8) is 0 Å². The molecule has 1 amide bonds. The first-order valence-electron chi connectivity index (χ1n) is 9.09. The Hall–Kier alpha value is -2.55. The molecule has 140 valence electrons. The lowest BCUT2D eigenvalue weighted by Gasteiger charge is -2.23. The van der Waals surface area contributed by atoms with Crippen molar-refractivity contribution < 1.29 is 4.79 Å². The molecule has 0 aliphatic carbocycles. The van der Waals surface area contributed by atoms with Gasteiger partial charge in [0.2, 0.25) is 0 Å². The molecule has 1 atom stereocenters. The van der Waals surface area contributed by atoms with E-state index in [1.54, 1.807) is 17.8 Å². The van der Waals surface area contributed by atoms with E-state index in [0.717, 1.165) is 19.5 Å². The van der Waals surface area contributed by atoms with Crippen LogP contribution in [0.25, 0.3) is 0 Å². The minimum absolute atomic E-state index is 0.186. The van der Waals surface area contributed by atoms with Crippen molar-refractivity contribution in [3.05, 3.63) is 39.8 Å². The smallest absolute Gasteiger partial charge is 0.273 e. The molecular formula is C17H25N7O2. The number of amides is 1. The number of H-pyrrole nitrogens is 1. The third-order valence-corrected chi connectivity index (χ3v) is 4.46. The second kappa shape index (κ2) is 8.70. The SMILES string of the molecule is Cc1cc(=O)[nH]c(CCNC(=O)c2cn(CCC3CCCCN3)nn2)n1. The zero-order valence-electron chi connectivity index (χ0n) is 15.0. The van der Waals surface area contributed by atoms with E-state index in [1.165, 1.54) is 25.3 Å². The Morgan fingerprint density at radius 3 is 3.08 bits per heavy atom. The predicted octanol–water partition coefficient (Wildman–Crippen LogP) is 0.175. The van der Waals surface area contributed by atoms with Crippen molar-refractivity contribution in [2.45, 2.75) is 51.6 Å². The van der Waals surface area contributed by atoms with Crippen molar-refractivity contribution in [1.29, 1.82) is 0 Å². The molecule has 0 spiro atoms. The van der Waals surface area contributed by atoms with Gasteiger partial charge < -0.3 is 15.6 Å². The van der Waals surface area contributed by atoms with Gasteiger partial charge in [-0.05, 0) is 32.7 Å². The first-order chi connectivity index (χ1) is 12.6. The third kappa shape index (κ3) is 5.22. The van der Waals surface area contributed by atoms with Crippen LogP contribution >= 0.6 is 0 Å². The number of carbonyl (C=O) groups is 1. The second-order valence-electron chi connectivity index (χ2n) is 6.64. The largest absolute Gasteiger partial charge is 0.350 e. The normalized spacial score (nSPS) is 17.2. The number of piperidine rings is 1. The molecule has 1 aliphatic rings. The van der Waals surface area contributed by atoms with Crippen molar-refractivity contribution in [3.8, 4) is 0 Å². The predicted molar refractivity (Wildman–Crippen MR) is 95.9 cm³/mol. The number of nitrogens with one attached hydrogen (secondary N) is 3. The van der Waals surface area contributed by atoms with Crippen LogP contribution in [0.2, 0.25) is 0 Å². The highest BCUT2D eigenvalue weighted by Crippen LogP contribution is 2.10. The monoisotopic (exact) mass is 359 g/mol. The molecule has 0 saturated carbocycles. The molecule has 1 aliphatic heterocycles. The molecule has 2 aromatic heterocycles. The molecule has 0 radical (unpaired) electrons. The minimum atomic E-state index is -0.276. The van der Waals surface area contributed by atoms with Crippen molar-refractivity contribution in [1.82, 2.24) is 35.6 Å². The van der Waals surface area contributed by atoms with Gasteiger partial charge in [-0.2, -0.15) is 0 Å². The van der Waals surface area contributed by atoms with Crippen molar-refractivity contribution >= 4 is 5.91 Å². The molecule has 3 rings (SSSR count). The lowest BCUT2D eigenvalue weighted by molar-refractivity contribution is 0.0949. The van der Waals surface area contributed by atoms with E-state index in [1.807, 2.05) is 0 Å². The van der Waals surface area contributed by atoms with Gasteiger partial charge in [-0.3, -0.25) is 14.3 Å². The highest BCUT2D eigenvalue weighted by atomic mass is 16.2. The summed E-state index contributed by atoms with van der Waals surface area (Å²) in [5.41, 5.74) is 0.770. The fourth-order valence-corrected chi connectivity index (χ4v) is 3.11. The van der Waals surface area contributed by atoms with Crippen LogP contribution in [0.5, 0.6) is 0 Å². The van der Waals surface area contributed by atoms with Gasteiger partial charge in [0.25, 0.3) is 11.5 Å². The van der Waals surface area contributed by atoms with Gasteiger partial charge in [0.1, 0.15) is 5.82 Å². The van der Waals surface area contributed by atoms with Crippen LogP contribution in [0, 0.1) is 6.92 Å². The molecule has 26 heavy (non-hydrogen) atoms. The number of nitrogens with zero attached hydrogens (tertiary/aromatic N) is 4. The Morgan fingerprint density at radius 2 is 2.31 bits per heavy atom. The van der Waals surface area contributed by atoms with Crippen molar-refractivity contribution in [2.24, 2.45) is 0 Å². The quantitative estimate of drug-likeness (QED) is 0.649.